The van der Waals surface area contributed by atoms with Crippen LogP contribution in [0.25, 0.3) is 10.2 Å². The lowest BCUT2D eigenvalue weighted by Crippen LogP contribution is -2.31. The number of amides is 1. The number of benzene rings is 2. The number of halogens is 1. The first kappa shape index (κ1) is 23.9. The van der Waals surface area contributed by atoms with Crippen LogP contribution in [0.5, 0.6) is 0 Å². The van der Waals surface area contributed by atoms with E-state index in [1.54, 1.807) is 44.4 Å². The van der Waals surface area contributed by atoms with Crippen molar-refractivity contribution < 1.29 is 17.6 Å². The normalized spacial score (nSPS) is 11.8. The SMILES string of the molecule is CCN(CC)S(=O)(=O)c1ccc(C(=O)N(Cc2cccnc2)c2nc3c(F)cccc3s2)cc1. The van der Waals surface area contributed by atoms with Crippen LogP contribution in [0.15, 0.2) is 71.9 Å². The van der Waals surface area contributed by atoms with Crippen molar-refractivity contribution in [3.63, 3.8) is 0 Å². The summed E-state index contributed by atoms with van der Waals surface area (Å²) < 4.78 is 41.8. The summed E-state index contributed by atoms with van der Waals surface area (Å²) in [6.07, 6.45) is 3.28. The number of fused-ring (bicyclic) bond motifs is 1. The average molecular weight is 499 g/mol. The Labute approximate surface area is 201 Å². The number of para-hydroxylation sites is 1. The minimum atomic E-state index is -3.64. The predicted molar refractivity (Wildman–Crippen MR) is 131 cm³/mol. The topological polar surface area (TPSA) is 83.5 Å². The molecule has 0 aliphatic heterocycles. The Hall–Kier alpha value is -3.21. The van der Waals surface area contributed by atoms with Gasteiger partial charge < -0.3 is 0 Å². The Morgan fingerprint density at radius 2 is 1.76 bits per heavy atom. The Bertz CT molecular complexity index is 1400. The molecular weight excluding hydrogens is 475 g/mol. The first-order valence-electron chi connectivity index (χ1n) is 10.7. The quantitative estimate of drug-likeness (QED) is 0.351. The lowest BCUT2D eigenvalue weighted by molar-refractivity contribution is 0.0985. The lowest BCUT2D eigenvalue weighted by Gasteiger charge is -2.21. The van der Waals surface area contributed by atoms with E-state index in [4.69, 9.17) is 0 Å². The number of sulfonamides is 1. The van der Waals surface area contributed by atoms with Crippen LogP contribution in [-0.2, 0) is 16.6 Å². The molecule has 0 saturated heterocycles. The first-order chi connectivity index (χ1) is 16.3. The molecule has 2 aromatic heterocycles. The van der Waals surface area contributed by atoms with Gasteiger partial charge in [-0.25, -0.2) is 17.8 Å². The van der Waals surface area contributed by atoms with Gasteiger partial charge in [-0.2, -0.15) is 4.31 Å². The summed E-state index contributed by atoms with van der Waals surface area (Å²) in [5, 5.41) is 0.341. The summed E-state index contributed by atoms with van der Waals surface area (Å²) in [5.41, 5.74) is 1.27. The Kier molecular flexibility index (Phi) is 7.01. The predicted octanol–water partition coefficient (Wildman–Crippen LogP) is 4.71. The Balaban J connectivity index is 1.71. The van der Waals surface area contributed by atoms with E-state index in [1.165, 1.54) is 50.9 Å². The maximum Gasteiger partial charge on any atom is 0.260 e. The number of carbonyl (C=O) groups excluding carboxylic acids is 1. The third kappa shape index (κ3) is 4.70. The molecule has 10 heteroatoms. The van der Waals surface area contributed by atoms with Crippen molar-refractivity contribution >= 4 is 42.6 Å². The van der Waals surface area contributed by atoms with Crippen molar-refractivity contribution in [2.75, 3.05) is 18.0 Å². The molecule has 2 heterocycles. The molecule has 0 atom stereocenters. The van der Waals surface area contributed by atoms with Crippen LogP contribution in [0.1, 0.15) is 29.8 Å². The number of pyridine rings is 1. The third-order valence-electron chi connectivity index (χ3n) is 5.34. The van der Waals surface area contributed by atoms with Gasteiger partial charge in [0.1, 0.15) is 11.3 Å². The van der Waals surface area contributed by atoms with Gasteiger partial charge in [0.05, 0.1) is 16.1 Å². The molecule has 4 aromatic rings. The number of rotatable bonds is 8. The molecule has 0 N–H and O–H groups in total. The van der Waals surface area contributed by atoms with E-state index < -0.39 is 15.8 Å². The van der Waals surface area contributed by atoms with Crippen molar-refractivity contribution in [1.82, 2.24) is 14.3 Å². The summed E-state index contributed by atoms with van der Waals surface area (Å²) in [5.74, 6) is -0.838. The molecule has 0 fully saturated rings. The molecule has 34 heavy (non-hydrogen) atoms. The molecule has 4 rings (SSSR count). The van der Waals surface area contributed by atoms with Crippen LogP contribution < -0.4 is 4.90 Å². The third-order valence-corrected chi connectivity index (χ3v) is 8.45. The number of carbonyl (C=O) groups is 1. The van der Waals surface area contributed by atoms with Gasteiger partial charge in [-0.3, -0.25) is 14.7 Å². The van der Waals surface area contributed by atoms with Gasteiger partial charge in [0.25, 0.3) is 5.91 Å². The second-order valence-electron chi connectivity index (χ2n) is 7.45. The zero-order chi connectivity index (χ0) is 24.3. The number of aromatic nitrogens is 2. The fourth-order valence-corrected chi connectivity index (χ4v) is 5.99. The lowest BCUT2D eigenvalue weighted by atomic mass is 10.2. The first-order valence-corrected chi connectivity index (χ1v) is 13.0. The van der Waals surface area contributed by atoms with Gasteiger partial charge in [0.2, 0.25) is 10.0 Å². The maximum atomic E-state index is 14.3. The van der Waals surface area contributed by atoms with E-state index in [0.717, 1.165) is 5.56 Å². The largest absolute Gasteiger partial charge is 0.279 e. The minimum absolute atomic E-state index is 0.119. The molecule has 0 bridgehead atoms. The number of hydrogen-bond acceptors (Lipinski definition) is 6. The molecule has 2 aromatic carbocycles. The molecule has 0 spiro atoms. The zero-order valence-electron chi connectivity index (χ0n) is 18.7. The second kappa shape index (κ2) is 9.96. The summed E-state index contributed by atoms with van der Waals surface area (Å²) in [6.45, 7) is 4.43. The van der Waals surface area contributed by atoms with Gasteiger partial charge >= 0.3 is 0 Å². The number of nitrogens with zero attached hydrogens (tertiary/aromatic N) is 4. The van der Waals surface area contributed by atoms with Crippen LogP contribution in [0, 0.1) is 5.82 Å². The highest BCUT2D eigenvalue weighted by atomic mass is 32.2. The zero-order valence-corrected chi connectivity index (χ0v) is 20.3. The van der Waals surface area contributed by atoms with Gasteiger partial charge in [-0.05, 0) is 48.0 Å². The van der Waals surface area contributed by atoms with Crippen molar-refractivity contribution in [1.29, 1.82) is 0 Å². The van der Waals surface area contributed by atoms with Crippen molar-refractivity contribution in [2.24, 2.45) is 0 Å². The van der Waals surface area contributed by atoms with E-state index >= 15 is 0 Å². The van der Waals surface area contributed by atoms with Crippen molar-refractivity contribution in [3.8, 4) is 0 Å². The van der Waals surface area contributed by atoms with Gasteiger partial charge in [0.15, 0.2) is 5.13 Å². The molecule has 0 aliphatic carbocycles. The van der Waals surface area contributed by atoms with E-state index in [2.05, 4.69) is 9.97 Å². The minimum Gasteiger partial charge on any atom is -0.279 e. The highest BCUT2D eigenvalue weighted by Crippen LogP contribution is 2.32. The van der Waals surface area contributed by atoms with Crippen molar-refractivity contribution in [2.45, 2.75) is 25.3 Å². The van der Waals surface area contributed by atoms with Gasteiger partial charge in [0, 0.05) is 31.0 Å². The molecule has 176 valence electrons. The summed E-state index contributed by atoms with van der Waals surface area (Å²) in [6, 6.07) is 14.1. The Morgan fingerprint density at radius 1 is 1.03 bits per heavy atom. The average Bonchev–Trinajstić information content (AvgIpc) is 3.29. The molecule has 0 saturated carbocycles. The van der Waals surface area contributed by atoms with Crippen LogP contribution in [0.4, 0.5) is 9.52 Å². The molecule has 0 aliphatic rings. The number of thiazole rings is 1. The Morgan fingerprint density at radius 3 is 2.38 bits per heavy atom. The molecule has 0 radical (unpaired) electrons. The molecular formula is C24H23FN4O3S2. The monoisotopic (exact) mass is 498 g/mol. The molecule has 1 amide bonds. The van der Waals surface area contributed by atoms with Crippen LogP contribution in [0.3, 0.4) is 0 Å². The fraction of sp³-hybridized carbons (Fsp3) is 0.208. The molecule has 7 nitrogen and oxygen atoms in total. The standard InChI is InChI=1S/C24H23FN4O3S2/c1-3-28(4-2)34(31,32)19-12-10-18(11-13-19)23(30)29(16-17-7-6-14-26-15-17)24-27-22-20(25)8-5-9-21(22)33-24/h5-15H,3-4,16H2,1-2H3. The van der Waals surface area contributed by atoms with Crippen LogP contribution in [-0.4, -0.2) is 41.7 Å². The van der Waals surface area contributed by atoms with E-state index in [9.17, 15) is 17.6 Å². The maximum absolute atomic E-state index is 14.3. The smallest absolute Gasteiger partial charge is 0.260 e. The summed E-state index contributed by atoms with van der Waals surface area (Å²) in [4.78, 5) is 23.6. The van der Waals surface area contributed by atoms with Crippen molar-refractivity contribution in [3.05, 3.63) is 83.9 Å². The van der Waals surface area contributed by atoms with Crippen LogP contribution in [0.2, 0.25) is 0 Å². The highest BCUT2D eigenvalue weighted by Gasteiger charge is 2.25. The van der Waals surface area contributed by atoms with E-state index in [1.807, 2.05) is 6.07 Å². The number of anilines is 1. The second-order valence-corrected chi connectivity index (χ2v) is 10.4. The van der Waals surface area contributed by atoms with Gasteiger partial charge in [-0.15, -0.1) is 0 Å². The fourth-order valence-electron chi connectivity index (χ4n) is 3.56. The van der Waals surface area contributed by atoms with Crippen LogP contribution >= 0.6 is 11.3 Å². The number of hydrogen-bond donors (Lipinski definition) is 0. The van der Waals surface area contributed by atoms with Gasteiger partial charge in [-0.1, -0.05) is 37.3 Å². The van der Waals surface area contributed by atoms with E-state index in [0.29, 0.717) is 28.5 Å². The highest BCUT2D eigenvalue weighted by molar-refractivity contribution is 7.89. The summed E-state index contributed by atoms with van der Waals surface area (Å²) >= 11 is 1.21. The summed E-state index contributed by atoms with van der Waals surface area (Å²) in [7, 11) is -3.64. The molecule has 0 unspecified atom stereocenters. The van der Waals surface area contributed by atoms with E-state index in [-0.39, 0.29) is 22.9 Å².